The van der Waals surface area contributed by atoms with Crippen molar-refractivity contribution in [3.63, 3.8) is 0 Å². The van der Waals surface area contributed by atoms with Gasteiger partial charge in [-0.25, -0.2) is 13.1 Å². The average molecular weight is 324 g/mol. The summed E-state index contributed by atoms with van der Waals surface area (Å²) in [5, 5.41) is 7.52. The topological polar surface area (TPSA) is 86.1 Å². The van der Waals surface area contributed by atoms with Gasteiger partial charge in [0, 0.05) is 19.3 Å². The van der Waals surface area contributed by atoms with Gasteiger partial charge < -0.3 is 4.74 Å². The molecule has 0 spiro atoms. The van der Waals surface area contributed by atoms with Gasteiger partial charge in [0.05, 0.1) is 13.3 Å². The summed E-state index contributed by atoms with van der Waals surface area (Å²) in [7, 11) is -2.14. The third kappa shape index (κ3) is 3.83. The van der Waals surface area contributed by atoms with Crippen molar-refractivity contribution in [2.75, 3.05) is 13.7 Å². The first-order valence-corrected chi connectivity index (χ1v) is 8.41. The Hall–Kier alpha value is -1.93. The summed E-state index contributed by atoms with van der Waals surface area (Å²) in [5.41, 5.74) is 1.89. The molecule has 1 aromatic carbocycles. The maximum absolute atomic E-state index is 12.4. The van der Waals surface area contributed by atoms with Crippen LogP contribution in [0, 0.1) is 13.8 Å². The van der Waals surface area contributed by atoms with E-state index in [1.165, 1.54) is 7.11 Å². The predicted octanol–water partition coefficient (Wildman–Crippen LogP) is 1.27. The van der Waals surface area contributed by atoms with Crippen molar-refractivity contribution in [1.82, 2.24) is 19.7 Å². The lowest BCUT2D eigenvalue weighted by molar-refractivity contribution is 0.401. The molecule has 1 N–H and O–H groups in total. The van der Waals surface area contributed by atoms with Gasteiger partial charge in [0.1, 0.15) is 10.6 Å². The van der Waals surface area contributed by atoms with Gasteiger partial charge in [0.25, 0.3) is 0 Å². The minimum absolute atomic E-state index is 0.166. The second kappa shape index (κ2) is 6.89. The van der Waals surface area contributed by atoms with E-state index in [0.29, 0.717) is 25.3 Å². The number of nitrogens with one attached hydrogen (secondary N) is 1. The van der Waals surface area contributed by atoms with E-state index < -0.39 is 10.0 Å². The molecular formula is C14H20N4O3S. The van der Waals surface area contributed by atoms with Crippen LogP contribution < -0.4 is 9.46 Å². The molecule has 2 aromatic rings. The van der Waals surface area contributed by atoms with E-state index in [1.54, 1.807) is 29.2 Å². The average Bonchev–Trinajstić information content (AvgIpc) is 2.99. The summed E-state index contributed by atoms with van der Waals surface area (Å²) in [5.74, 6) is 0.354. The molecule has 0 radical (unpaired) electrons. The van der Waals surface area contributed by atoms with E-state index in [1.807, 2.05) is 13.8 Å². The molecule has 2 rings (SSSR count). The van der Waals surface area contributed by atoms with Gasteiger partial charge in [-0.05, 0) is 43.5 Å². The Balaban J connectivity index is 2.05. The van der Waals surface area contributed by atoms with Crippen LogP contribution in [-0.4, -0.2) is 37.1 Å². The van der Waals surface area contributed by atoms with Gasteiger partial charge in [0.2, 0.25) is 10.0 Å². The molecule has 0 unspecified atom stereocenters. The molecular weight excluding hydrogens is 304 g/mol. The van der Waals surface area contributed by atoms with Crippen LogP contribution in [0.3, 0.4) is 0 Å². The van der Waals surface area contributed by atoms with Crippen molar-refractivity contribution in [1.29, 1.82) is 0 Å². The van der Waals surface area contributed by atoms with Crippen molar-refractivity contribution in [3.05, 3.63) is 35.7 Å². The predicted molar refractivity (Wildman–Crippen MR) is 82.3 cm³/mol. The first-order chi connectivity index (χ1) is 10.4. The van der Waals surface area contributed by atoms with Gasteiger partial charge in [-0.3, -0.25) is 4.68 Å². The fraction of sp³-hybridized carbons (Fsp3) is 0.429. The first-order valence-electron chi connectivity index (χ1n) is 6.93. The molecule has 1 heterocycles. The number of hydrogen-bond donors (Lipinski definition) is 1. The molecule has 0 aliphatic rings. The van der Waals surface area contributed by atoms with Crippen LogP contribution in [0.15, 0.2) is 29.4 Å². The number of hydrogen-bond acceptors (Lipinski definition) is 5. The zero-order chi connectivity index (χ0) is 16.2. The minimum Gasteiger partial charge on any atom is -0.495 e. The third-order valence-electron chi connectivity index (χ3n) is 3.40. The van der Waals surface area contributed by atoms with E-state index in [4.69, 9.17) is 4.74 Å². The van der Waals surface area contributed by atoms with Crippen molar-refractivity contribution in [3.8, 4) is 5.75 Å². The van der Waals surface area contributed by atoms with Gasteiger partial charge in [-0.1, -0.05) is 5.21 Å². The van der Waals surface area contributed by atoms with Crippen LogP contribution in [0.1, 0.15) is 17.5 Å². The number of aromatic nitrogens is 3. The molecule has 0 aliphatic heterocycles. The zero-order valence-corrected chi connectivity index (χ0v) is 13.7. The Morgan fingerprint density at radius 2 is 2.00 bits per heavy atom. The molecule has 0 bridgehead atoms. The molecule has 0 amide bonds. The van der Waals surface area contributed by atoms with Crippen molar-refractivity contribution >= 4 is 10.0 Å². The van der Waals surface area contributed by atoms with E-state index in [-0.39, 0.29) is 4.90 Å². The monoisotopic (exact) mass is 324 g/mol. The van der Waals surface area contributed by atoms with Crippen LogP contribution >= 0.6 is 0 Å². The Bertz CT molecular complexity index is 727. The van der Waals surface area contributed by atoms with Crippen LogP contribution in [0.5, 0.6) is 5.75 Å². The summed E-state index contributed by atoms with van der Waals surface area (Å²) >= 11 is 0. The van der Waals surface area contributed by atoms with E-state index in [2.05, 4.69) is 15.0 Å². The SMILES string of the molecule is COc1cc(C)c(C)cc1S(=O)(=O)NCCCn1ccnn1. The van der Waals surface area contributed by atoms with Gasteiger partial charge in [-0.15, -0.1) is 5.10 Å². The molecule has 120 valence electrons. The lowest BCUT2D eigenvalue weighted by atomic mass is 10.1. The fourth-order valence-electron chi connectivity index (χ4n) is 2.01. The summed E-state index contributed by atoms with van der Waals surface area (Å²) in [6.45, 7) is 4.71. The molecule has 0 fully saturated rings. The lowest BCUT2D eigenvalue weighted by Gasteiger charge is -2.13. The van der Waals surface area contributed by atoms with E-state index in [0.717, 1.165) is 11.1 Å². The highest BCUT2D eigenvalue weighted by molar-refractivity contribution is 7.89. The van der Waals surface area contributed by atoms with Gasteiger partial charge in [0.15, 0.2) is 0 Å². The highest BCUT2D eigenvalue weighted by Gasteiger charge is 2.20. The fourth-order valence-corrected chi connectivity index (χ4v) is 3.32. The molecule has 0 saturated heterocycles. The normalized spacial score (nSPS) is 11.6. The summed E-state index contributed by atoms with van der Waals surface area (Å²) in [4.78, 5) is 0.166. The number of rotatable bonds is 7. The number of benzene rings is 1. The second-order valence-electron chi connectivity index (χ2n) is 5.00. The number of ether oxygens (including phenoxy) is 1. The molecule has 1 aromatic heterocycles. The Morgan fingerprint density at radius 1 is 1.27 bits per heavy atom. The van der Waals surface area contributed by atoms with Crippen molar-refractivity contribution < 1.29 is 13.2 Å². The van der Waals surface area contributed by atoms with Gasteiger partial charge in [-0.2, -0.15) is 0 Å². The second-order valence-corrected chi connectivity index (χ2v) is 6.74. The number of aryl methyl sites for hydroxylation is 3. The minimum atomic E-state index is -3.60. The summed E-state index contributed by atoms with van der Waals surface area (Å²) < 4.78 is 34.3. The highest BCUT2D eigenvalue weighted by atomic mass is 32.2. The molecule has 22 heavy (non-hydrogen) atoms. The van der Waals surface area contributed by atoms with Crippen LogP contribution in [0.25, 0.3) is 0 Å². The number of nitrogens with zero attached hydrogens (tertiary/aromatic N) is 3. The molecule has 0 aliphatic carbocycles. The quantitative estimate of drug-likeness (QED) is 0.775. The first kappa shape index (κ1) is 16.4. The molecule has 0 saturated carbocycles. The number of sulfonamides is 1. The van der Waals surface area contributed by atoms with Crippen LogP contribution in [-0.2, 0) is 16.6 Å². The largest absolute Gasteiger partial charge is 0.495 e. The standard InChI is InChI=1S/C14H20N4O3S/c1-11-9-13(21-3)14(10-12(11)2)22(19,20)16-5-4-7-18-8-6-15-17-18/h6,8-10,16H,4-5,7H2,1-3H3. The molecule has 7 nitrogen and oxygen atoms in total. The van der Waals surface area contributed by atoms with E-state index in [9.17, 15) is 8.42 Å². The Morgan fingerprint density at radius 3 is 2.64 bits per heavy atom. The van der Waals surface area contributed by atoms with Crippen molar-refractivity contribution in [2.45, 2.75) is 31.7 Å². The highest BCUT2D eigenvalue weighted by Crippen LogP contribution is 2.27. The Kier molecular flexibility index (Phi) is 5.15. The summed E-state index contributed by atoms with van der Waals surface area (Å²) in [6.07, 6.45) is 3.95. The van der Waals surface area contributed by atoms with Crippen molar-refractivity contribution in [2.24, 2.45) is 0 Å². The zero-order valence-electron chi connectivity index (χ0n) is 12.9. The third-order valence-corrected chi connectivity index (χ3v) is 4.88. The van der Waals surface area contributed by atoms with Crippen LogP contribution in [0.4, 0.5) is 0 Å². The van der Waals surface area contributed by atoms with E-state index >= 15 is 0 Å². The maximum Gasteiger partial charge on any atom is 0.244 e. The number of methoxy groups -OCH3 is 1. The van der Waals surface area contributed by atoms with Crippen LogP contribution in [0.2, 0.25) is 0 Å². The smallest absolute Gasteiger partial charge is 0.244 e. The van der Waals surface area contributed by atoms with Gasteiger partial charge >= 0.3 is 0 Å². The Labute approximate surface area is 130 Å². The maximum atomic E-state index is 12.4. The lowest BCUT2D eigenvalue weighted by Crippen LogP contribution is -2.26. The molecule has 8 heteroatoms. The summed E-state index contributed by atoms with van der Waals surface area (Å²) in [6, 6.07) is 3.37. The molecule has 0 atom stereocenters.